The van der Waals surface area contributed by atoms with Gasteiger partial charge in [0.25, 0.3) is 0 Å². The standard InChI is InChI=1S/C28H29FN2O3/c1-28(19-33-17-21-10-6-3-7-11-21)27-13-22-12-25(30)24(29)14-26(22)31(27)15-23(34-28)18-32-16-20-8-4-2-5-9-20/h2-14,23H,15-19,30H2,1H3/t23-,28?/m1/s1. The number of hydrogen-bond acceptors (Lipinski definition) is 4. The number of nitrogens with zero attached hydrogens (tertiary/aromatic N) is 1. The van der Waals surface area contributed by atoms with Gasteiger partial charge in [-0.15, -0.1) is 0 Å². The minimum absolute atomic E-state index is 0.140. The van der Waals surface area contributed by atoms with Crippen molar-refractivity contribution in [1.82, 2.24) is 4.57 Å². The molecule has 6 heteroatoms. The second-order valence-electron chi connectivity index (χ2n) is 9.02. The van der Waals surface area contributed by atoms with E-state index in [2.05, 4.69) is 4.57 Å². The van der Waals surface area contributed by atoms with Gasteiger partial charge in [0.15, 0.2) is 0 Å². The molecule has 0 radical (unpaired) electrons. The fourth-order valence-electron chi connectivity index (χ4n) is 4.62. The first-order chi connectivity index (χ1) is 16.5. The van der Waals surface area contributed by atoms with Crippen molar-refractivity contribution in [3.63, 3.8) is 0 Å². The van der Waals surface area contributed by atoms with Crippen molar-refractivity contribution in [2.24, 2.45) is 0 Å². The summed E-state index contributed by atoms with van der Waals surface area (Å²) >= 11 is 0. The molecule has 2 atom stereocenters. The molecule has 2 N–H and O–H groups in total. The molecule has 0 saturated carbocycles. The number of benzene rings is 3. The minimum Gasteiger partial charge on any atom is -0.396 e. The summed E-state index contributed by atoms with van der Waals surface area (Å²) in [5.74, 6) is -0.418. The lowest BCUT2D eigenvalue weighted by Gasteiger charge is -2.40. The van der Waals surface area contributed by atoms with Gasteiger partial charge in [0.05, 0.1) is 49.9 Å². The van der Waals surface area contributed by atoms with Crippen molar-refractivity contribution >= 4 is 16.6 Å². The lowest BCUT2D eigenvalue weighted by atomic mass is 10.00. The van der Waals surface area contributed by atoms with Crippen molar-refractivity contribution in [3.05, 3.63) is 102 Å². The zero-order valence-electron chi connectivity index (χ0n) is 19.2. The molecular weight excluding hydrogens is 431 g/mol. The fraction of sp³-hybridized carbons (Fsp3) is 0.286. The molecular formula is C28H29FN2O3. The number of anilines is 1. The Morgan fingerprint density at radius 1 is 0.971 bits per heavy atom. The van der Waals surface area contributed by atoms with Crippen LogP contribution in [0.4, 0.5) is 10.1 Å². The van der Waals surface area contributed by atoms with E-state index in [-0.39, 0.29) is 11.8 Å². The largest absolute Gasteiger partial charge is 0.396 e. The highest BCUT2D eigenvalue weighted by Gasteiger charge is 2.39. The average Bonchev–Trinajstić information content (AvgIpc) is 3.19. The maximum absolute atomic E-state index is 14.3. The van der Waals surface area contributed by atoms with E-state index < -0.39 is 11.4 Å². The van der Waals surface area contributed by atoms with E-state index in [0.717, 1.165) is 27.7 Å². The van der Waals surface area contributed by atoms with Crippen LogP contribution in [0.15, 0.2) is 78.9 Å². The van der Waals surface area contributed by atoms with Gasteiger partial charge in [0.2, 0.25) is 0 Å². The number of fused-ring (bicyclic) bond motifs is 3. The predicted molar refractivity (Wildman–Crippen MR) is 131 cm³/mol. The Hall–Kier alpha value is -3.19. The molecule has 1 aliphatic heterocycles. The van der Waals surface area contributed by atoms with Crippen LogP contribution in [0.2, 0.25) is 0 Å². The van der Waals surface area contributed by atoms with E-state index in [4.69, 9.17) is 19.9 Å². The Morgan fingerprint density at radius 2 is 1.62 bits per heavy atom. The molecule has 0 amide bonds. The molecule has 2 heterocycles. The molecule has 0 spiro atoms. The number of nitrogens with two attached hydrogens (primary N) is 1. The first-order valence-electron chi connectivity index (χ1n) is 11.5. The normalized spacial score (nSPS) is 19.9. The van der Waals surface area contributed by atoms with Gasteiger partial charge in [-0.2, -0.15) is 0 Å². The van der Waals surface area contributed by atoms with E-state index >= 15 is 0 Å². The molecule has 1 aromatic heterocycles. The number of halogens is 1. The predicted octanol–water partition coefficient (Wildman–Crippen LogP) is 5.41. The highest BCUT2D eigenvalue weighted by Crippen LogP contribution is 2.38. The molecule has 0 bridgehead atoms. The summed E-state index contributed by atoms with van der Waals surface area (Å²) in [4.78, 5) is 0. The molecule has 176 valence electrons. The molecule has 1 aliphatic rings. The first kappa shape index (κ1) is 22.6. The Balaban J connectivity index is 1.38. The number of ether oxygens (including phenoxy) is 3. The maximum Gasteiger partial charge on any atom is 0.148 e. The zero-order valence-corrected chi connectivity index (χ0v) is 19.2. The molecule has 5 rings (SSSR count). The van der Waals surface area contributed by atoms with E-state index in [1.807, 2.05) is 73.7 Å². The van der Waals surface area contributed by atoms with Crippen LogP contribution >= 0.6 is 0 Å². The SMILES string of the molecule is CC1(COCc2ccccc2)O[C@@H](COCc2ccccc2)Cn2c1cc1cc(N)c(F)cc12. The van der Waals surface area contributed by atoms with E-state index in [9.17, 15) is 4.39 Å². The van der Waals surface area contributed by atoms with Gasteiger partial charge in [-0.05, 0) is 30.2 Å². The lowest BCUT2D eigenvalue weighted by molar-refractivity contribution is -0.170. The Bertz CT molecular complexity index is 1260. The molecule has 0 aliphatic carbocycles. The summed E-state index contributed by atoms with van der Waals surface area (Å²) in [6.07, 6.45) is -0.210. The monoisotopic (exact) mass is 460 g/mol. The van der Waals surface area contributed by atoms with Gasteiger partial charge in [0.1, 0.15) is 17.5 Å². The quantitative estimate of drug-likeness (QED) is 0.357. The van der Waals surface area contributed by atoms with Crippen LogP contribution in [0.3, 0.4) is 0 Å². The van der Waals surface area contributed by atoms with E-state index in [0.29, 0.717) is 33.0 Å². The Morgan fingerprint density at radius 3 is 2.29 bits per heavy atom. The molecule has 0 saturated heterocycles. The van der Waals surface area contributed by atoms with Crippen molar-refractivity contribution < 1.29 is 18.6 Å². The second kappa shape index (κ2) is 9.58. The van der Waals surface area contributed by atoms with Gasteiger partial charge in [-0.25, -0.2) is 4.39 Å². The summed E-state index contributed by atoms with van der Waals surface area (Å²) < 4.78 is 35.1. The second-order valence-corrected chi connectivity index (χ2v) is 9.02. The van der Waals surface area contributed by atoms with Crippen LogP contribution in [-0.4, -0.2) is 23.9 Å². The van der Waals surface area contributed by atoms with E-state index in [1.54, 1.807) is 6.07 Å². The lowest BCUT2D eigenvalue weighted by Crippen LogP contribution is -2.45. The van der Waals surface area contributed by atoms with Gasteiger partial charge in [0, 0.05) is 11.5 Å². The van der Waals surface area contributed by atoms with Crippen molar-refractivity contribution in [1.29, 1.82) is 0 Å². The Kier molecular flexibility index (Phi) is 6.37. The van der Waals surface area contributed by atoms with Crippen LogP contribution in [0, 0.1) is 5.82 Å². The van der Waals surface area contributed by atoms with Crippen LogP contribution < -0.4 is 5.73 Å². The third-order valence-corrected chi connectivity index (χ3v) is 6.28. The molecule has 4 aromatic rings. The van der Waals surface area contributed by atoms with Crippen molar-refractivity contribution in [3.8, 4) is 0 Å². The molecule has 0 fully saturated rings. The topological polar surface area (TPSA) is 58.6 Å². The minimum atomic E-state index is -0.724. The first-order valence-corrected chi connectivity index (χ1v) is 11.5. The smallest absolute Gasteiger partial charge is 0.148 e. The van der Waals surface area contributed by atoms with Crippen LogP contribution in [0.5, 0.6) is 0 Å². The van der Waals surface area contributed by atoms with Gasteiger partial charge >= 0.3 is 0 Å². The Labute approximate surface area is 198 Å². The maximum atomic E-state index is 14.3. The van der Waals surface area contributed by atoms with Crippen molar-refractivity contribution in [2.75, 3.05) is 18.9 Å². The van der Waals surface area contributed by atoms with Crippen molar-refractivity contribution in [2.45, 2.75) is 38.4 Å². The van der Waals surface area contributed by atoms with Gasteiger partial charge < -0.3 is 24.5 Å². The van der Waals surface area contributed by atoms with Crippen LogP contribution in [0.1, 0.15) is 23.7 Å². The number of aromatic nitrogens is 1. The van der Waals surface area contributed by atoms with Gasteiger partial charge in [-0.1, -0.05) is 60.7 Å². The fourth-order valence-corrected chi connectivity index (χ4v) is 4.62. The molecule has 3 aromatic carbocycles. The highest BCUT2D eigenvalue weighted by atomic mass is 19.1. The number of hydrogen-bond donors (Lipinski definition) is 1. The van der Waals surface area contributed by atoms with E-state index in [1.165, 1.54) is 6.07 Å². The summed E-state index contributed by atoms with van der Waals surface area (Å²) in [5.41, 5.74) is 9.21. The highest BCUT2D eigenvalue weighted by molar-refractivity contribution is 5.85. The number of rotatable bonds is 8. The molecule has 34 heavy (non-hydrogen) atoms. The summed E-state index contributed by atoms with van der Waals surface area (Å²) in [7, 11) is 0. The van der Waals surface area contributed by atoms with Crippen LogP contribution in [0.25, 0.3) is 10.9 Å². The average molecular weight is 461 g/mol. The summed E-state index contributed by atoms with van der Waals surface area (Å²) in [6, 6.07) is 25.3. The third-order valence-electron chi connectivity index (χ3n) is 6.28. The summed E-state index contributed by atoms with van der Waals surface area (Å²) in [6.45, 7) is 4.34. The molecule has 5 nitrogen and oxygen atoms in total. The third kappa shape index (κ3) is 4.71. The molecule has 1 unspecified atom stereocenters. The van der Waals surface area contributed by atoms with Crippen LogP contribution in [-0.2, 0) is 39.6 Å². The zero-order chi connectivity index (χ0) is 23.5. The summed E-state index contributed by atoms with van der Waals surface area (Å²) in [5, 5.41) is 0.887. The number of nitrogen functional groups attached to an aromatic ring is 1. The van der Waals surface area contributed by atoms with Gasteiger partial charge in [-0.3, -0.25) is 0 Å².